The van der Waals surface area contributed by atoms with Crippen LogP contribution in [-0.4, -0.2) is 26.0 Å². The third-order valence-corrected chi connectivity index (χ3v) is 9.18. The zero-order chi connectivity index (χ0) is 19.9. The Morgan fingerprint density at radius 3 is 2.25 bits per heavy atom. The van der Waals surface area contributed by atoms with Crippen LogP contribution < -0.4 is 0 Å². The molecule has 28 heavy (non-hydrogen) atoms. The average Bonchev–Trinajstić information content (AvgIpc) is 3.10. The lowest BCUT2D eigenvalue weighted by atomic mass is 10.3. The minimum Gasteiger partial charge on any atom is -0.255 e. The number of hydrogen-bond acceptors (Lipinski definition) is 13. The van der Waals surface area contributed by atoms with Crippen LogP contribution in [0.5, 0.6) is 0 Å². The SMILES string of the molecule is CS(=O)c1ccc(SSc2nc3cc(SOOO)c(SOOO)cc3s2)cc1. The fourth-order valence-electron chi connectivity index (χ4n) is 1.96. The summed E-state index contributed by atoms with van der Waals surface area (Å²) in [6, 6.07) is 11.1. The Labute approximate surface area is 182 Å². The van der Waals surface area contributed by atoms with Gasteiger partial charge in [-0.3, -0.25) is 4.21 Å². The van der Waals surface area contributed by atoms with Crippen LogP contribution in [0.4, 0.5) is 0 Å². The standard InChI is InChI=1S/C14H11NO7S6/c1-28(18)9-4-2-8(3-5-9)26-27-14-15-10-6-12(24-21-19-16)13(25-22-20-17)7-11(10)23-14/h2-7,16-17H,1H3. The van der Waals surface area contributed by atoms with E-state index < -0.39 is 10.8 Å². The molecular weight excluding hydrogens is 487 g/mol. The third kappa shape index (κ3) is 6.07. The van der Waals surface area contributed by atoms with Crippen LogP contribution in [0.3, 0.4) is 0 Å². The van der Waals surface area contributed by atoms with Gasteiger partial charge in [-0.25, -0.2) is 15.5 Å². The molecule has 0 bridgehead atoms. The highest BCUT2D eigenvalue weighted by Gasteiger charge is 2.14. The molecule has 0 aliphatic carbocycles. The Bertz CT molecular complexity index is 906. The van der Waals surface area contributed by atoms with Crippen LogP contribution in [0.1, 0.15) is 0 Å². The normalized spacial score (nSPS) is 12.5. The van der Waals surface area contributed by atoms with Crippen LogP contribution in [0.25, 0.3) is 10.2 Å². The van der Waals surface area contributed by atoms with Crippen LogP contribution in [0.15, 0.2) is 60.3 Å². The molecule has 1 aromatic heterocycles. The lowest BCUT2D eigenvalue weighted by Crippen LogP contribution is -1.85. The van der Waals surface area contributed by atoms with Crippen molar-refractivity contribution in [2.75, 3.05) is 6.26 Å². The number of fused-ring (bicyclic) bond motifs is 1. The van der Waals surface area contributed by atoms with Crippen molar-refractivity contribution in [2.24, 2.45) is 0 Å². The van der Waals surface area contributed by atoms with Gasteiger partial charge in [0.15, 0.2) is 4.34 Å². The second-order valence-corrected chi connectivity index (χ2v) is 11.1. The smallest absolute Gasteiger partial charge is 0.162 e. The van der Waals surface area contributed by atoms with Crippen molar-refractivity contribution in [3.05, 3.63) is 36.4 Å². The highest BCUT2D eigenvalue weighted by atomic mass is 33.1. The molecule has 0 aliphatic rings. The first-order chi connectivity index (χ1) is 13.6. The minimum absolute atomic E-state index is 0.543. The van der Waals surface area contributed by atoms with Crippen molar-refractivity contribution in [3.8, 4) is 0 Å². The Balaban J connectivity index is 1.75. The number of thiazole rings is 1. The highest BCUT2D eigenvalue weighted by molar-refractivity contribution is 8.77. The van der Waals surface area contributed by atoms with Crippen molar-refractivity contribution in [1.82, 2.24) is 4.98 Å². The van der Waals surface area contributed by atoms with Crippen LogP contribution >= 0.6 is 57.0 Å². The molecule has 0 amide bonds. The average molecular weight is 498 g/mol. The Hall–Kier alpha value is -0.360. The van der Waals surface area contributed by atoms with E-state index in [2.05, 4.69) is 23.7 Å². The molecule has 2 aromatic carbocycles. The molecule has 1 unspecified atom stereocenters. The topological polar surface area (TPSA) is 107 Å². The molecule has 14 heteroatoms. The molecule has 0 saturated carbocycles. The molecule has 3 aromatic rings. The second kappa shape index (κ2) is 11.1. The van der Waals surface area contributed by atoms with Gasteiger partial charge in [0.2, 0.25) is 0 Å². The van der Waals surface area contributed by atoms with Gasteiger partial charge in [0.1, 0.15) is 0 Å². The summed E-state index contributed by atoms with van der Waals surface area (Å²) >= 11 is 3.00. The van der Waals surface area contributed by atoms with Gasteiger partial charge in [-0.2, -0.15) is 0 Å². The molecule has 0 fully saturated rings. The molecule has 0 spiro atoms. The van der Waals surface area contributed by atoms with Gasteiger partial charge in [-0.1, -0.05) is 20.9 Å². The Morgan fingerprint density at radius 2 is 1.64 bits per heavy atom. The molecule has 2 N–H and O–H groups in total. The number of hydrogen-bond donors (Lipinski definition) is 2. The molecule has 3 rings (SSSR count). The number of aromatic nitrogens is 1. The van der Waals surface area contributed by atoms with Crippen LogP contribution in [-0.2, 0) is 29.5 Å². The van der Waals surface area contributed by atoms with Crippen molar-refractivity contribution < 1.29 is 33.5 Å². The first-order valence-electron chi connectivity index (χ1n) is 7.13. The van der Waals surface area contributed by atoms with Gasteiger partial charge in [-0.05, 0) is 47.2 Å². The molecule has 1 heterocycles. The monoisotopic (exact) mass is 497 g/mol. The van der Waals surface area contributed by atoms with Gasteiger partial charge in [0.05, 0.1) is 44.1 Å². The van der Waals surface area contributed by atoms with Crippen LogP contribution in [0.2, 0.25) is 0 Å². The Kier molecular flexibility index (Phi) is 8.89. The summed E-state index contributed by atoms with van der Waals surface area (Å²) in [6.45, 7) is 0. The zero-order valence-electron chi connectivity index (χ0n) is 13.8. The van der Waals surface area contributed by atoms with E-state index >= 15 is 0 Å². The van der Waals surface area contributed by atoms with E-state index in [0.717, 1.165) is 48.4 Å². The predicted octanol–water partition coefficient (Wildman–Crippen LogP) is 5.69. The summed E-state index contributed by atoms with van der Waals surface area (Å²) in [5, 5.41) is 24.0. The summed E-state index contributed by atoms with van der Waals surface area (Å²) in [5.41, 5.74) is 0.725. The lowest BCUT2D eigenvalue weighted by molar-refractivity contribution is -0.432. The highest BCUT2D eigenvalue weighted by Crippen LogP contribution is 2.43. The summed E-state index contributed by atoms with van der Waals surface area (Å²) in [4.78, 5) is 7.49. The molecule has 0 aliphatic heterocycles. The molecule has 8 nitrogen and oxygen atoms in total. The van der Waals surface area contributed by atoms with Gasteiger partial charge in [-0.15, -0.1) is 20.0 Å². The first kappa shape index (κ1) is 22.3. The van der Waals surface area contributed by atoms with E-state index in [-0.39, 0.29) is 0 Å². The van der Waals surface area contributed by atoms with Gasteiger partial charge >= 0.3 is 0 Å². The number of rotatable bonds is 10. The maximum atomic E-state index is 11.4. The zero-order valence-corrected chi connectivity index (χ0v) is 18.7. The van der Waals surface area contributed by atoms with Crippen molar-refractivity contribution in [1.29, 1.82) is 0 Å². The van der Waals surface area contributed by atoms with E-state index in [0.29, 0.717) is 9.79 Å². The van der Waals surface area contributed by atoms with Gasteiger partial charge in [0, 0.05) is 26.8 Å². The van der Waals surface area contributed by atoms with E-state index in [1.54, 1.807) is 29.2 Å². The molecule has 0 radical (unpaired) electrons. The number of nitrogens with zero attached hydrogens (tertiary/aromatic N) is 1. The van der Waals surface area contributed by atoms with Crippen molar-refractivity contribution >= 4 is 78.0 Å². The lowest BCUT2D eigenvalue weighted by Gasteiger charge is -2.04. The molecular formula is C14H11NO7S6. The third-order valence-electron chi connectivity index (χ3n) is 3.11. The second-order valence-electron chi connectivity index (χ2n) is 4.79. The van der Waals surface area contributed by atoms with Crippen molar-refractivity contribution in [2.45, 2.75) is 23.9 Å². The maximum absolute atomic E-state index is 11.4. The summed E-state index contributed by atoms with van der Waals surface area (Å²) in [7, 11) is 2.05. The Morgan fingerprint density at radius 1 is 1.00 bits per heavy atom. The van der Waals surface area contributed by atoms with Gasteiger partial charge in [0.25, 0.3) is 0 Å². The van der Waals surface area contributed by atoms with E-state index in [4.69, 9.17) is 10.5 Å². The van der Waals surface area contributed by atoms with E-state index in [1.165, 1.54) is 22.1 Å². The predicted molar refractivity (Wildman–Crippen MR) is 111 cm³/mol. The fourth-order valence-corrected chi connectivity index (χ4v) is 6.80. The summed E-state index contributed by atoms with van der Waals surface area (Å²) in [6.07, 6.45) is 1.65. The fraction of sp³-hybridized carbons (Fsp3) is 0.0714. The largest absolute Gasteiger partial charge is 0.255 e. The summed E-state index contributed by atoms with van der Waals surface area (Å²) < 4.78 is 22.1. The quantitative estimate of drug-likeness (QED) is 0.155. The van der Waals surface area contributed by atoms with Crippen LogP contribution in [0, 0.1) is 0 Å². The number of benzene rings is 2. The summed E-state index contributed by atoms with van der Waals surface area (Å²) in [5.74, 6) is 0. The first-order valence-corrected chi connectivity index (χ1v) is 13.1. The molecule has 150 valence electrons. The maximum Gasteiger partial charge on any atom is 0.162 e. The van der Waals surface area contributed by atoms with Gasteiger partial charge < -0.3 is 0 Å². The minimum atomic E-state index is -0.997. The van der Waals surface area contributed by atoms with Crippen molar-refractivity contribution in [3.63, 3.8) is 0 Å². The molecule has 1 atom stereocenters. The van der Waals surface area contributed by atoms with E-state index in [9.17, 15) is 4.21 Å². The van der Waals surface area contributed by atoms with E-state index in [1.807, 2.05) is 24.3 Å². The molecule has 0 saturated heterocycles.